The maximum absolute atomic E-state index is 12.3. The Hall–Kier alpha value is -1.82. The van der Waals surface area contributed by atoms with E-state index in [0.717, 1.165) is 10.9 Å². The predicted molar refractivity (Wildman–Crippen MR) is 73.6 cm³/mol. The van der Waals surface area contributed by atoms with Gasteiger partial charge in [0.05, 0.1) is 12.4 Å². The fourth-order valence-corrected chi connectivity index (χ4v) is 2.45. The summed E-state index contributed by atoms with van der Waals surface area (Å²) >= 11 is 1.40. The third-order valence-electron chi connectivity index (χ3n) is 2.70. The zero-order valence-electron chi connectivity index (χ0n) is 11.0. The average Bonchev–Trinajstić information content (AvgIpc) is 2.83. The molecular formula is C13H15N3O2S. The summed E-state index contributed by atoms with van der Waals surface area (Å²) in [5.41, 5.74) is 0.669. The number of aryl methyl sites for hydroxylation is 1. The van der Waals surface area contributed by atoms with Gasteiger partial charge >= 0.3 is 0 Å². The van der Waals surface area contributed by atoms with Crippen LogP contribution in [0.4, 0.5) is 0 Å². The molecule has 2 rings (SSSR count). The molecular weight excluding hydrogens is 262 g/mol. The number of methoxy groups -OCH3 is 1. The molecule has 0 spiro atoms. The molecule has 0 radical (unpaired) electrons. The van der Waals surface area contributed by atoms with Gasteiger partial charge in [0.15, 0.2) is 10.9 Å². The minimum atomic E-state index is -0.212. The maximum Gasteiger partial charge on any atom is 0.191 e. The highest BCUT2D eigenvalue weighted by Crippen LogP contribution is 2.23. The number of hydrogen-bond donors (Lipinski definition) is 0. The first kappa shape index (κ1) is 13.6. The molecule has 19 heavy (non-hydrogen) atoms. The average molecular weight is 277 g/mol. The van der Waals surface area contributed by atoms with E-state index in [-0.39, 0.29) is 11.0 Å². The molecule has 0 saturated carbocycles. The predicted octanol–water partition coefficient (Wildman–Crippen LogP) is 2.19. The number of carbonyl (C=O) groups is 1. The van der Waals surface area contributed by atoms with Crippen molar-refractivity contribution >= 4 is 17.5 Å². The fraction of sp³-hybridized carbons (Fsp3) is 0.308. The topological polar surface area (TPSA) is 57.0 Å². The monoisotopic (exact) mass is 277 g/mol. The molecule has 1 heterocycles. The molecule has 2 aromatic rings. The molecule has 0 unspecified atom stereocenters. The van der Waals surface area contributed by atoms with Gasteiger partial charge in [-0.25, -0.2) is 0 Å². The Morgan fingerprint density at radius 1 is 1.37 bits per heavy atom. The van der Waals surface area contributed by atoms with Crippen molar-refractivity contribution in [3.63, 3.8) is 0 Å². The van der Waals surface area contributed by atoms with Gasteiger partial charge in [0.1, 0.15) is 12.1 Å². The third kappa shape index (κ3) is 3.14. The van der Waals surface area contributed by atoms with Crippen LogP contribution in [-0.4, -0.2) is 32.9 Å². The third-order valence-corrected chi connectivity index (χ3v) is 3.84. The molecule has 0 fully saturated rings. The fourth-order valence-electron chi connectivity index (χ4n) is 1.58. The number of Topliss-reactive ketones (excluding diaryl/α,β-unsaturated/α-hetero) is 1. The second-order valence-corrected chi connectivity index (χ2v) is 5.39. The normalized spacial score (nSPS) is 12.2. The van der Waals surface area contributed by atoms with Gasteiger partial charge in [-0.15, -0.1) is 10.2 Å². The van der Waals surface area contributed by atoms with E-state index in [2.05, 4.69) is 10.2 Å². The molecule has 6 heteroatoms. The molecule has 100 valence electrons. The quantitative estimate of drug-likeness (QED) is 0.619. The van der Waals surface area contributed by atoms with Gasteiger partial charge < -0.3 is 9.30 Å². The molecule has 0 N–H and O–H groups in total. The Morgan fingerprint density at radius 3 is 2.58 bits per heavy atom. The molecule has 0 aliphatic rings. The van der Waals surface area contributed by atoms with Crippen LogP contribution < -0.4 is 4.74 Å². The maximum atomic E-state index is 12.3. The first-order valence-electron chi connectivity index (χ1n) is 5.80. The van der Waals surface area contributed by atoms with E-state index in [1.807, 2.05) is 14.0 Å². The van der Waals surface area contributed by atoms with Crippen molar-refractivity contribution in [1.29, 1.82) is 0 Å². The summed E-state index contributed by atoms with van der Waals surface area (Å²) < 4.78 is 6.87. The highest BCUT2D eigenvalue weighted by molar-refractivity contribution is 8.00. The molecule has 1 aromatic heterocycles. The molecule has 0 aliphatic heterocycles. The molecule has 5 nitrogen and oxygen atoms in total. The van der Waals surface area contributed by atoms with Crippen molar-refractivity contribution in [2.24, 2.45) is 7.05 Å². The Labute approximate surface area is 116 Å². The summed E-state index contributed by atoms with van der Waals surface area (Å²) in [4.78, 5) is 12.3. The van der Waals surface area contributed by atoms with Crippen molar-refractivity contribution in [3.05, 3.63) is 36.2 Å². The second kappa shape index (κ2) is 5.88. The van der Waals surface area contributed by atoms with Gasteiger partial charge in [-0.05, 0) is 31.2 Å². The lowest BCUT2D eigenvalue weighted by atomic mass is 10.1. The minimum absolute atomic E-state index is 0.0654. The number of ketones is 1. The van der Waals surface area contributed by atoms with Crippen LogP contribution in [-0.2, 0) is 7.05 Å². The van der Waals surface area contributed by atoms with E-state index in [0.29, 0.717) is 5.56 Å². The largest absolute Gasteiger partial charge is 0.497 e. The number of nitrogens with zero attached hydrogens (tertiary/aromatic N) is 3. The van der Waals surface area contributed by atoms with Gasteiger partial charge in [0.2, 0.25) is 0 Å². The number of carbonyl (C=O) groups excluding carboxylic acids is 1. The second-order valence-electron chi connectivity index (χ2n) is 4.08. The van der Waals surface area contributed by atoms with E-state index in [1.165, 1.54) is 11.8 Å². The smallest absolute Gasteiger partial charge is 0.191 e. The number of rotatable bonds is 5. The van der Waals surface area contributed by atoms with Crippen molar-refractivity contribution in [2.75, 3.05) is 7.11 Å². The zero-order chi connectivity index (χ0) is 13.8. The number of benzene rings is 1. The molecule has 1 atom stereocenters. The van der Waals surface area contributed by atoms with Gasteiger partial charge in [-0.1, -0.05) is 11.8 Å². The standard InChI is InChI=1S/C13H15N3O2S/c1-9(19-13-15-14-8-16(13)2)12(17)10-4-6-11(18-3)7-5-10/h4-9H,1-3H3/t9-/m1/s1. The zero-order valence-corrected chi connectivity index (χ0v) is 11.8. The lowest BCUT2D eigenvalue weighted by Crippen LogP contribution is -2.14. The highest BCUT2D eigenvalue weighted by Gasteiger charge is 2.18. The van der Waals surface area contributed by atoms with E-state index in [1.54, 1.807) is 42.3 Å². The number of hydrogen-bond acceptors (Lipinski definition) is 5. The Bertz CT molecular complexity index is 566. The van der Waals surface area contributed by atoms with Crippen LogP contribution in [0.5, 0.6) is 5.75 Å². The van der Waals surface area contributed by atoms with Crippen LogP contribution in [0.15, 0.2) is 35.7 Å². The number of ether oxygens (including phenoxy) is 1. The summed E-state index contributed by atoms with van der Waals surface area (Å²) in [5, 5.41) is 8.28. The van der Waals surface area contributed by atoms with E-state index >= 15 is 0 Å². The lowest BCUT2D eigenvalue weighted by Gasteiger charge is -2.09. The molecule has 0 aliphatic carbocycles. The summed E-state index contributed by atoms with van der Waals surface area (Å²) in [5.74, 6) is 0.806. The van der Waals surface area contributed by atoms with E-state index < -0.39 is 0 Å². The molecule has 0 bridgehead atoms. The van der Waals surface area contributed by atoms with Crippen molar-refractivity contribution in [2.45, 2.75) is 17.3 Å². The molecule has 0 amide bonds. The van der Waals surface area contributed by atoms with Crippen LogP contribution in [0.3, 0.4) is 0 Å². The Balaban J connectivity index is 2.08. The first-order valence-corrected chi connectivity index (χ1v) is 6.68. The Morgan fingerprint density at radius 2 is 2.05 bits per heavy atom. The van der Waals surface area contributed by atoms with Crippen LogP contribution in [0.1, 0.15) is 17.3 Å². The van der Waals surface area contributed by atoms with E-state index in [9.17, 15) is 4.79 Å². The summed E-state index contributed by atoms with van der Waals surface area (Å²) in [7, 11) is 3.45. The number of thioether (sulfide) groups is 1. The van der Waals surface area contributed by atoms with Crippen LogP contribution in [0.25, 0.3) is 0 Å². The van der Waals surface area contributed by atoms with Crippen molar-refractivity contribution in [1.82, 2.24) is 14.8 Å². The van der Waals surface area contributed by atoms with Gasteiger partial charge in [0.25, 0.3) is 0 Å². The summed E-state index contributed by atoms with van der Waals surface area (Å²) in [6, 6.07) is 7.11. The summed E-state index contributed by atoms with van der Waals surface area (Å²) in [6.45, 7) is 1.87. The van der Waals surface area contributed by atoms with Crippen LogP contribution >= 0.6 is 11.8 Å². The molecule has 0 saturated heterocycles. The minimum Gasteiger partial charge on any atom is -0.497 e. The number of aromatic nitrogens is 3. The van der Waals surface area contributed by atoms with Crippen LogP contribution in [0, 0.1) is 0 Å². The molecule has 1 aromatic carbocycles. The van der Waals surface area contributed by atoms with Gasteiger partial charge in [-0.3, -0.25) is 4.79 Å². The Kier molecular flexibility index (Phi) is 4.21. The summed E-state index contributed by atoms with van der Waals surface area (Å²) in [6.07, 6.45) is 1.62. The van der Waals surface area contributed by atoms with Crippen molar-refractivity contribution < 1.29 is 9.53 Å². The van der Waals surface area contributed by atoms with Crippen molar-refractivity contribution in [3.8, 4) is 5.75 Å². The lowest BCUT2D eigenvalue weighted by molar-refractivity contribution is 0.0994. The highest BCUT2D eigenvalue weighted by atomic mass is 32.2. The first-order chi connectivity index (χ1) is 9.11. The van der Waals surface area contributed by atoms with Gasteiger partial charge in [0, 0.05) is 12.6 Å². The van der Waals surface area contributed by atoms with E-state index in [4.69, 9.17) is 4.74 Å². The SMILES string of the molecule is COc1ccc(C(=O)[C@@H](C)Sc2nncn2C)cc1. The van der Waals surface area contributed by atoms with Crippen LogP contribution in [0.2, 0.25) is 0 Å². The van der Waals surface area contributed by atoms with Gasteiger partial charge in [-0.2, -0.15) is 0 Å².